The first-order valence-electron chi connectivity index (χ1n) is 11.7. The van der Waals surface area contributed by atoms with Crippen LogP contribution in [0, 0.1) is 0 Å². The number of nitrogens with one attached hydrogen (secondary N) is 1. The van der Waals surface area contributed by atoms with Gasteiger partial charge in [0.05, 0.1) is 31.1 Å². The first-order valence-corrected chi connectivity index (χ1v) is 13.6. The normalized spacial score (nSPS) is 12.6. The summed E-state index contributed by atoms with van der Waals surface area (Å²) < 4.78 is 11.6. The Hall–Kier alpha value is -3.18. The Morgan fingerprint density at radius 1 is 1.06 bits per heavy atom. The van der Waals surface area contributed by atoms with Gasteiger partial charge in [0.2, 0.25) is 5.91 Å². The summed E-state index contributed by atoms with van der Waals surface area (Å²) in [5.41, 5.74) is 3.10. The number of hydrogen-bond donors (Lipinski definition) is 1. The van der Waals surface area contributed by atoms with E-state index in [9.17, 15) is 14.4 Å². The average molecular weight is 529 g/mol. The minimum absolute atomic E-state index is 0.0829. The van der Waals surface area contributed by atoms with E-state index in [0.717, 1.165) is 37.2 Å². The highest BCUT2D eigenvalue weighted by molar-refractivity contribution is 7.99. The van der Waals surface area contributed by atoms with E-state index in [2.05, 4.69) is 32.4 Å². The van der Waals surface area contributed by atoms with Crippen LogP contribution in [0.1, 0.15) is 57.3 Å². The van der Waals surface area contributed by atoms with Gasteiger partial charge < -0.3 is 19.4 Å². The largest absolute Gasteiger partial charge is 0.465 e. The number of nitrogens with zero attached hydrogens (tertiary/aromatic N) is 3. The molecule has 0 radical (unpaired) electrons. The first kappa shape index (κ1) is 25.9. The van der Waals surface area contributed by atoms with Crippen LogP contribution in [-0.4, -0.2) is 52.6 Å². The summed E-state index contributed by atoms with van der Waals surface area (Å²) >= 11 is 3.09. The molecule has 190 valence electrons. The lowest BCUT2D eigenvalue weighted by Crippen LogP contribution is -2.16. The molecule has 2 heterocycles. The number of methoxy groups -OCH3 is 2. The van der Waals surface area contributed by atoms with E-state index < -0.39 is 11.9 Å². The van der Waals surface area contributed by atoms with Crippen molar-refractivity contribution in [1.82, 2.24) is 14.8 Å². The molecule has 0 fully saturated rings. The van der Waals surface area contributed by atoms with E-state index >= 15 is 0 Å². The SMILES string of the molecule is CCCn1c(SCC(=O)Nc2cc(C(=O)OC)cc(C(=O)OC)c2)nnc1-c1csc2c1CCCC2. The van der Waals surface area contributed by atoms with Crippen LogP contribution >= 0.6 is 23.1 Å². The molecule has 9 nitrogen and oxygen atoms in total. The number of rotatable bonds is 9. The van der Waals surface area contributed by atoms with E-state index in [1.165, 1.54) is 67.5 Å². The van der Waals surface area contributed by atoms with Crippen molar-refractivity contribution in [1.29, 1.82) is 0 Å². The van der Waals surface area contributed by atoms with Crippen molar-refractivity contribution in [3.8, 4) is 11.4 Å². The van der Waals surface area contributed by atoms with Crippen molar-refractivity contribution in [3.63, 3.8) is 0 Å². The minimum atomic E-state index is -0.624. The second kappa shape index (κ2) is 11.7. The van der Waals surface area contributed by atoms with Gasteiger partial charge in [-0.15, -0.1) is 21.5 Å². The Kier molecular flexibility index (Phi) is 8.42. The molecular weight excluding hydrogens is 500 g/mol. The molecule has 0 unspecified atom stereocenters. The van der Waals surface area contributed by atoms with Crippen molar-refractivity contribution in [3.05, 3.63) is 45.1 Å². The maximum Gasteiger partial charge on any atom is 0.337 e. The van der Waals surface area contributed by atoms with E-state index in [4.69, 9.17) is 9.47 Å². The number of carbonyl (C=O) groups excluding carboxylic acids is 3. The number of thiophene rings is 1. The van der Waals surface area contributed by atoms with Crippen molar-refractivity contribution in [2.45, 2.75) is 50.7 Å². The number of fused-ring (bicyclic) bond motifs is 1. The lowest BCUT2D eigenvalue weighted by molar-refractivity contribution is -0.113. The van der Waals surface area contributed by atoms with E-state index in [0.29, 0.717) is 10.8 Å². The van der Waals surface area contributed by atoms with Gasteiger partial charge in [-0.25, -0.2) is 9.59 Å². The van der Waals surface area contributed by atoms with E-state index in [-0.39, 0.29) is 22.8 Å². The molecule has 0 saturated carbocycles. The third kappa shape index (κ3) is 5.62. The third-order valence-electron chi connectivity index (χ3n) is 5.86. The maximum absolute atomic E-state index is 12.8. The van der Waals surface area contributed by atoms with E-state index in [1.807, 2.05) is 0 Å². The predicted molar refractivity (Wildman–Crippen MR) is 139 cm³/mol. The molecule has 11 heteroatoms. The summed E-state index contributed by atoms with van der Waals surface area (Å²) in [6.45, 7) is 2.85. The van der Waals surface area contributed by atoms with Gasteiger partial charge in [-0.3, -0.25) is 4.79 Å². The van der Waals surface area contributed by atoms with Gasteiger partial charge >= 0.3 is 11.9 Å². The number of anilines is 1. The topological polar surface area (TPSA) is 112 Å². The number of aromatic nitrogens is 3. The van der Waals surface area contributed by atoms with Crippen LogP contribution in [0.4, 0.5) is 5.69 Å². The fourth-order valence-corrected chi connectivity index (χ4v) is 6.09. The Bertz CT molecular complexity index is 1250. The van der Waals surface area contributed by atoms with Crippen LogP contribution in [-0.2, 0) is 33.7 Å². The highest BCUT2D eigenvalue weighted by atomic mass is 32.2. The predicted octanol–water partition coefficient (Wildman–Crippen LogP) is 4.60. The van der Waals surface area contributed by atoms with Crippen LogP contribution in [0.5, 0.6) is 0 Å². The molecule has 2 aromatic heterocycles. The second-order valence-electron chi connectivity index (χ2n) is 8.34. The maximum atomic E-state index is 12.8. The Balaban J connectivity index is 1.50. The van der Waals surface area contributed by atoms with Gasteiger partial charge in [-0.05, 0) is 55.9 Å². The number of benzene rings is 1. The van der Waals surface area contributed by atoms with Crippen molar-refractivity contribution in [2.75, 3.05) is 25.3 Å². The Labute approximate surface area is 217 Å². The van der Waals surface area contributed by atoms with Gasteiger partial charge in [0.15, 0.2) is 11.0 Å². The summed E-state index contributed by atoms with van der Waals surface area (Å²) in [7, 11) is 2.49. The standard InChI is InChI=1S/C25H28N4O5S2/c1-4-9-29-22(19-13-35-20-8-6-5-7-18(19)20)27-28-25(29)36-14-21(30)26-17-11-15(23(31)33-2)10-16(12-17)24(32)34-3/h10-13H,4-9,14H2,1-3H3,(H,26,30). The molecule has 0 saturated heterocycles. The lowest BCUT2D eigenvalue weighted by atomic mass is 9.95. The number of ether oxygens (including phenoxy) is 2. The lowest BCUT2D eigenvalue weighted by Gasteiger charge is -2.14. The van der Waals surface area contributed by atoms with Crippen LogP contribution in [0.15, 0.2) is 28.7 Å². The van der Waals surface area contributed by atoms with Crippen LogP contribution in [0.3, 0.4) is 0 Å². The van der Waals surface area contributed by atoms with Gasteiger partial charge in [-0.2, -0.15) is 0 Å². The molecule has 1 N–H and O–H groups in total. The van der Waals surface area contributed by atoms with Gasteiger partial charge in [0, 0.05) is 28.1 Å². The minimum Gasteiger partial charge on any atom is -0.465 e. The Morgan fingerprint density at radius 3 is 2.42 bits per heavy atom. The van der Waals surface area contributed by atoms with Gasteiger partial charge in [0.25, 0.3) is 0 Å². The summed E-state index contributed by atoms with van der Waals surface area (Å²) in [4.78, 5) is 38.2. The highest BCUT2D eigenvalue weighted by Crippen LogP contribution is 2.37. The Morgan fingerprint density at radius 2 is 1.75 bits per heavy atom. The quantitative estimate of drug-likeness (QED) is 0.317. The monoisotopic (exact) mass is 528 g/mol. The molecule has 1 amide bonds. The number of thioether (sulfide) groups is 1. The summed E-state index contributed by atoms with van der Waals surface area (Å²) in [5, 5.41) is 14.5. The molecule has 0 spiro atoms. The molecule has 0 bridgehead atoms. The molecule has 36 heavy (non-hydrogen) atoms. The van der Waals surface area contributed by atoms with Gasteiger partial charge in [0.1, 0.15) is 0 Å². The molecule has 3 aromatic rings. The van der Waals surface area contributed by atoms with Crippen LogP contribution in [0.25, 0.3) is 11.4 Å². The summed E-state index contributed by atoms with van der Waals surface area (Å²) in [6.07, 6.45) is 5.52. The second-order valence-corrected chi connectivity index (χ2v) is 10.2. The molecule has 4 rings (SSSR count). The van der Waals surface area contributed by atoms with Crippen molar-refractivity contribution in [2.24, 2.45) is 0 Å². The zero-order chi connectivity index (χ0) is 25.7. The number of hydrogen-bond acceptors (Lipinski definition) is 9. The zero-order valence-electron chi connectivity index (χ0n) is 20.5. The number of esters is 2. The van der Waals surface area contributed by atoms with Crippen LogP contribution < -0.4 is 5.32 Å². The fourth-order valence-electron chi connectivity index (χ4n) is 4.20. The smallest absolute Gasteiger partial charge is 0.337 e. The van der Waals surface area contributed by atoms with Crippen molar-refractivity contribution >= 4 is 46.6 Å². The van der Waals surface area contributed by atoms with Gasteiger partial charge in [-0.1, -0.05) is 18.7 Å². The van der Waals surface area contributed by atoms with Crippen LogP contribution in [0.2, 0.25) is 0 Å². The number of carbonyl (C=O) groups is 3. The molecular formula is C25H28N4O5S2. The number of amides is 1. The highest BCUT2D eigenvalue weighted by Gasteiger charge is 2.22. The summed E-state index contributed by atoms with van der Waals surface area (Å²) in [5.74, 6) is -0.617. The van der Waals surface area contributed by atoms with Crippen molar-refractivity contribution < 1.29 is 23.9 Å². The molecule has 1 aromatic carbocycles. The van der Waals surface area contributed by atoms with E-state index in [1.54, 1.807) is 11.3 Å². The average Bonchev–Trinajstić information content (AvgIpc) is 3.50. The first-order chi connectivity index (χ1) is 17.4. The molecule has 0 atom stereocenters. The fraction of sp³-hybridized carbons (Fsp3) is 0.400. The molecule has 1 aliphatic carbocycles. The molecule has 0 aliphatic heterocycles. The molecule has 1 aliphatic rings. The third-order valence-corrected chi connectivity index (χ3v) is 7.91. The number of aryl methyl sites for hydroxylation is 1. The summed E-state index contributed by atoms with van der Waals surface area (Å²) in [6, 6.07) is 4.27. The zero-order valence-corrected chi connectivity index (χ0v) is 22.1.